The quantitative estimate of drug-likeness (QED) is 0.131. The van der Waals surface area contributed by atoms with Crippen molar-refractivity contribution >= 4 is 11.4 Å². The molecule has 200 valence electrons. The fourth-order valence-electron chi connectivity index (χ4n) is 4.76. The summed E-state index contributed by atoms with van der Waals surface area (Å²) in [5.74, 6) is 0. The molecule has 0 aromatic heterocycles. The van der Waals surface area contributed by atoms with Crippen LogP contribution in [0.25, 0.3) is 0 Å². The molecule has 2 nitrogen and oxygen atoms in total. The van der Waals surface area contributed by atoms with Gasteiger partial charge in [0.1, 0.15) is 0 Å². The SMILES string of the molecule is CCCCCCC(/C=C(\C)C1=CC=C(/C(C)=C/C(CCCCCC)=C(C)C)C(=N/C)/C1=N\C)=C(C)C. The summed E-state index contributed by atoms with van der Waals surface area (Å²) in [6.45, 7) is 17.9. The molecule has 0 bridgehead atoms. The molecule has 1 rings (SSSR count). The summed E-state index contributed by atoms with van der Waals surface area (Å²) in [6.07, 6.45) is 21.9. The van der Waals surface area contributed by atoms with Gasteiger partial charge in [-0.15, -0.1) is 0 Å². The van der Waals surface area contributed by atoms with Gasteiger partial charge in [-0.1, -0.05) is 87.8 Å². The summed E-state index contributed by atoms with van der Waals surface area (Å²) < 4.78 is 0. The Morgan fingerprint density at radius 1 is 0.583 bits per heavy atom. The van der Waals surface area contributed by atoms with Crippen LogP contribution in [-0.4, -0.2) is 25.5 Å². The van der Waals surface area contributed by atoms with E-state index in [4.69, 9.17) is 9.98 Å². The average Bonchev–Trinajstić information content (AvgIpc) is 2.85. The van der Waals surface area contributed by atoms with Crippen molar-refractivity contribution in [2.75, 3.05) is 14.1 Å². The van der Waals surface area contributed by atoms with Gasteiger partial charge in [0.25, 0.3) is 0 Å². The largest absolute Gasteiger partial charge is 0.286 e. The third kappa shape index (κ3) is 10.0. The monoisotopic (exact) mass is 490 g/mol. The van der Waals surface area contributed by atoms with Crippen LogP contribution in [0.1, 0.15) is 120 Å². The summed E-state index contributed by atoms with van der Waals surface area (Å²) in [7, 11) is 3.79. The second-order valence-corrected chi connectivity index (χ2v) is 10.6. The number of nitrogens with zero attached hydrogens (tertiary/aromatic N) is 2. The zero-order chi connectivity index (χ0) is 27.1. The maximum Gasteiger partial charge on any atom is 0.0903 e. The second kappa shape index (κ2) is 17.3. The van der Waals surface area contributed by atoms with E-state index in [1.54, 1.807) is 0 Å². The Hall–Kier alpha value is -2.22. The number of hydrogen-bond donors (Lipinski definition) is 0. The third-order valence-electron chi connectivity index (χ3n) is 7.11. The van der Waals surface area contributed by atoms with Crippen LogP contribution >= 0.6 is 0 Å². The van der Waals surface area contributed by atoms with Crippen molar-refractivity contribution in [3.05, 3.63) is 68.9 Å². The average molecular weight is 491 g/mol. The zero-order valence-corrected chi connectivity index (χ0v) is 25.3. The van der Waals surface area contributed by atoms with Crippen molar-refractivity contribution in [2.24, 2.45) is 9.98 Å². The number of unbranched alkanes of at least 4 members (excludes halogenated alkanes) is 6. The van der Waals surface area contributed by atoms with Crippen molar-refractivity contribution in [2.45, 2.75) is 120 Å². The fraction of sp³-hybridized carbons (Fsp3) is 0.588. The molecule has 0 radical (unpaired) electrons. The summed E-state index contributed by atoms with van der Waals surface area (Å²) in [5.41, 5.74) is 12.6. The van der Waals surface area contributed by atoms with Gasteiger partial charge in [0.05, 0.1) is 11.4 Å². The lowest BCUT2D eigenvalue weighted by Gasteiger charge is -2.21. The number of hydrogen-bond acceptors (Lipinski definition) is 2. The highest BCUT2D eigenvalue weighted by Crippen LogP contribution is 2.28. The van der Waals surface area contributed by atoms with Crippen LogP contribution in [0.5, 0.6) is 0 Å². The number of rotatable bonds is 14. The Balaban J connectivity index is 3.32. The predicted molar refractivity (Wildman–Crippen MR) is 165 cm³/mol. The molecule has 0 amide bonds. The fourth-order valence-corrected chi connectivity index (χ4v) is 4.76. The van der Waals surface area contributed by atoms with Gasteiger partial charge in [-0.2, -0.15) is 0 Å². The molecular weight excluding hydrogens is 436 g/mol. The Bertz CT molecular complexity index is 883. The summed E-state index contributed by atoms with van der Waals surface area (Å²) in [6, 6.07) is 0. The van der Waals surface area contributed by atoms with E-state index in [0.29, 0.717) is 0 Å². The van der Waals surface area contributed by atoms with Crippen LogP contribution in [0.3, 0.4) is 0 Å². The van der Waals surface area contributed by atoms with Crippen LogP contribution in [0, 0.1) is 0 Å². The predicted octanol–water partition coefficient (Wildman–Crippen LogP) is 10.5. The number of aliphatic imine (C=N–C) groups is 2. The topological polar surface area (TPSA) is 24.7 Å². The Kier molecular flexibility index (Phi) is 15.3. The molecule has 0 atom stereocenters. The normalized spacial score (nSPS) is 16.8. The van der Waals surface area contributed by atoms with Crippen LogP contribution in [0.15, 0.2) is 78.9 Å². The van der Waals surface area contributed by atoms with Gasteiger partial charge < -0.3 is 0 Å². The van der Waals surface area contributed by atoms with Crippen molar-refractivity contribution in [3.8, 4) is 0 Å². The van der Waals surface area contributed by atoms with Gasteiger partial charge in [-0.25, -0.2) is 0 Å². The molecule has 2 heteroatoms. The number of allylic oxidation sites excluding steroid dienone is 12. The molecule has 36 heavy (non-hydrogen) atoms. The molecule has 0 saturated carbocycles. The van der Waals surface area contributed by atoms with E-state index in [-0.39, 0.29) is 0 Å². The smallest absolute Gasteiger partial charge is 0.0903 e. The lowest BCUT2D eigenvalue weighted by Crippen LogP contribution is -2.23. The van der Waals surface area contributed by atoms with E-state index in [1.807, 2.05) is 14.1 Å². The molecule has 1 aliphatic rings. The minimum Gasteiger partial charge on any atom is -0.286 e. The van der Waals surface area contributed by atoms with E-state index in [9.17, 15) is 0 Å². The highest BCUT2D eigenvalue weighted by molar-refractivity contribution is 6.56. The summed E-state index contributed by atoms with van der Waals surface area (Å²) >= 11 is 0. The van der Waals surface area contributed by atoms with Crippen LogP contribution < -0.4 is 0 Å². The van der Waals surface area contributed by atoms with Gasteiger partial charge in [-0.3, -0.25) is 9.98 Å². The van der Waals surface area contributed by atoms with Crippen molar-refractivity contribution < 1.29 is 0 Å². The van der Waals surface area contributed by atoms with E-state index in [2.05, 4.69) is 79.7 Å². The maximum atomic E-state index is 4.74. The molecule has 0 aliphatic heterocycles. The lowest BCUT2D eigenvalue weighted by atomic mass is 9.85. The van der Waals surface area contributed by atoms with Crippen LogP contribution in [0.2, 0.25) is 0 Å². The van der Waals surface area contributed by atoms with Crippen molar-refractivity contribution in [1.82, 2.24) is 0 Å². The molecule has 1 aliphatic carbocycles. The molecule has 0 aromatic carbocycles. The van der Waals surface area contributed by atoms with E-state index < -0.39 is 0 Å². The van der Waals surface area contributed by atoms with Crippen LogP contribution in [0.4, 0.5) is 0 Å². The van der Waals surface area contributed by atoms with Gasteiger partial charge in [0.2, 0.25) is 0 Å². The van der Waals surface area contributed by atoms with Gasteiger partial charge >= 0.3 is 0 Å². The molecule has 0 N–H and O–H groups in total. The van der Waals surface area contributed by atoms with Gasteiger partial charge in [0.15, 0.2) is 0 Å². The molecule has 0 aromatic rings. The standard InChI is InChI=1S/C34H54N2/c1-11-13-15-17-19-29(25(3)4)23-27(7)31-21-22-32(34(36-10)33(31)35-9)28(8)24-30(26(5)6)20-18-16-14-12-2/h21-24H,11-20H2,1-10H3/b27-23+,28-24+,35-33-,36-34-. The first-order valence-corrected chi connectivity index (χ1v) is 14.3. The first kappa shape index (κ1) is 31.8. The molecule has 0 spiro atoms. The van der Waals surface area contributed by atoms with Crippen LogP contribution in [-0.2, 0) is 0 Å². The minimum absolute atomic E-state index is 0.997. The van der Waals surface area contributed by atoms with E-state index in [0.717, 1.165) is 24.3 Å². The molecule has 0 unspecified atom stereocenters. The first-order valence-electron chi connectivity index (χ1n) is 14.3. The highest BCUT2D eigenvalue weighted by atomic mass is 14.8. The first-order chi connectivity index (χ1) is 17.2. The molecule has 0 fully saturated rings. The van der Waals surface area contributed by atoms with Gasteiger partial charge in [-0.05, 0) is 89.5 Å². The molecular formula is C34H54N2. The third-order valence-corrected chi connectivity index (χ3v) is 7.11. The molecule has 0 saturated heterocycles. The van der Waals surface area contributed by atoms with E-state index >= 15 is 0 Å². The second-order valence-electron chi connectivity index (χ2n) is 10.6. The van der Waals surface area contributed by atoms with Crippen molar-refractivity contribution in [3.63, 3.8) is 0 Å². The lowest BCUT2D eigenvalue weighted by molar-refractivity contribution is 0.666. The van der Waals surface area contributed by atoms with Crippen molar-refractivity contribution in [1.29, 1.82) is 0 Å². The Morgan fingerprint density at radius 2 is 0.944 bits per heavy atom. The Labute approximate surface area is 223 Å². The van der Waals surface area contributed by atoms with Gasteiger partial charge in [0, 0.05) is 25.2 Å². The zero-order valence-electron chi connectivity index (χ0n) is 25.3. The highest BCUT2D eigenvalue weighted by Gasteiger charge is 2.23. The summed E-state index contributed by atoms with van der Waals surface area (Å²) in [4.78, 5) is 9.48. The summed E-state index contributed by atoms with van der Waals surface area (Å²) in [5, 5.41) is 0. The Morgan fingerprint density at radius 3 is 1.22 bits per heavy atom. The minimum atomic E-state index is 0.997. The maximum absolute atomic E-state index is 4.74. The van der Waals surface area contributed by atoms with E-state index in [1.165, 1.54) is 96.0 Å². The molecule has 0 heterocycles.